The Kier molecular flexibility index (Phi) is 3.89. The molecule has 1 unspecified atom stereocenters. The van der Waals surface area contributed by atoms with Gasteiger partial charge in [-0.15, -0.1) is 0 Å². The molecule has 0 fully saturated rings. The highest BCUT2D eigenvalue weighted by molar-refractivity contribution is 7.98. The van der Waals surface area contributed by atoms with Crippen LogP contribution in [0.1, 0.15) is 17.2 Å². The van der Waals surface area contributed by atoms with Crippen molar-refractivity contribution >= 4 is 11.8 Å². The van der Waals surface area contributed by atoms with E-state index in [9.17, 15) is 8.78 Å². The van der Waals surface area contributed by atoms with Crippen LogP contribution in [0, 0.1) is 18.6 Å². The second-order valence-corrected chi connectivity index (χ2v) is 4.10. The molecule has 1 rings (SSSR count). The second kappa shape index (κ2) is 4.75. The molecule has 2 N–H and O–H groups in total. The summed E-state index contributed by atoms with van der Waals surface area (Å²) in [5.74, 6) is -0.459. The van der Waals surface area contributed by atoms with Gasteiger partial charge in [-0.25, -0.2) is 8.78 Å². The fourth-order valence-electron chi connectivity index (χ4n) is 1.23. The molecule has 0 amide bonds. The Morgan fingerprint density at radius 1 is 1.36 bits per heavy atom. The summed E-state index contributed by atoms with van der Waals surface area (Å²) in [6.45, 7) is 1.60. The average Bonchev–Trinajstić information content (AvgIpc) is 2.11. The van der Waals surface area contributed by atoms with Crippen molar-refractivity contribution in [2.45, 2.75) is 13.0 Å². The average molecular weight is 217 g/mol. The van der Waals surface area contributed by atoms with Crippen molar-refractivity contribution < 1.29 is 8.78 Å². The van der Waals surface area contributed by atoms with Gasteiger partial charge in [-0.1, -0.05) is 0 Å². The van der Waals surface area contributed by atoms with Crippen LogP contribution in [-0.2, 0) is 0 Å². The molecular weight excluding hydrogens is 204 g/mol. The van der Waals surface area contributed by atoms with Gasteiger partial charge in [-0.3, -0.25) is 0 Å². The SMILES string of the molecule is CSCC(N)c1cc(C)c(F)cc1F. The zero-order valence-electron chi connectivity index (χ0n) is 8.18. The lowest BCUT2D eigenvalue weighted by molar-refractivity contribution is 0.558. The molecule has 0 aromatic heterocycles. The minimum Gasteiger partial charge on any atom is -0.323 e. The highest BCUT2D eigenvalue weighted by Crippen LogP contribution is 2.21. The van der Waals surface area contributed by atoms with Crippen molar-refractivity contribution in [3.05, 3.63) is 34.9 Å². The summed E-state index contributed by atoms with van der Waals surface area (Å²) in [6.07, 6.45) is 1.90. The third kappa shape index (κ3) is 2.45. The maximum absolute atomic E-state index is 13.3. The largest absolute Gasteiger partial charge is 0.323 e. The molecule has 4 heteroatoms. The first kappa shape index (κ1) is 11.5. The standard InChI is InChI=1S/C10H13F2NS/c1-6-3-7(10(13)5-14-2)9(12)4-8(6)11/h3-4,10H,5,13H2,1-2H3. The minimum atomic E-state index is -0.561. The summed E-state index contributed by atoms with van der Waals surface area (Å²) >= 11 is 1.54. The van der Waals surface area contributed by atoms with Crippen molar-refractivity contribution in [1.82, 2.24) is 0 Å². The second-order valence-electron chi connectivity index (χ2n) is 3.18. The van der Waals surface area contributed by atoms with Crippen LogP contribution in [0.4, 0.5) is 8.78 Å². The Morgan fingerprint density at radius 3 is 2.57 bits per heavy atom. The van der Waals surface area contributed by atoms with Crippen LogP contribution in [0.2, 0.25) is 0 Å². The molecule has 0 saturated carbocycles. The van der Waals surface area contributed by atoms with Crippen molar-refractivity contribution in [2.24, 2.45) is 5.73 Å². The zero-order chi connectivity index (χ0) is 10.7. The molecule has 0 aliphatic rings. The van der Waals surface area contributed by atoms with E-state index in [1.807, 2.05) is 6.26 Å². The van der Waals surface area contributed by atoms with E-state index in [2.05, 4.69) is 0 Å². The predicted octanol–water partition coefficient (Wildman–Crippen LogP) is 2.64. The number of halogens is 2. The molecule has 1 aromatic rings. The molecular formula is C10H13F2NS. The number of aryl methyl sites for hydroxylation is 1. The van der Waals surface area contributed by atoms with Gasteiger partial charge in [0.1, 0.15) is 11.6 Å². The maximum atomic E-state index is 13.3. The topological polar surface area (TPSA) is 26.0 Å². The summed E-state index contributed by atoms with van der Waals surface area (Å²) in [4.78, 5) is 0. The van der Waals surface area contributed by atoms with E-state index in [4.69, 9.17) is 5.73 Å². The van der Waals surface area contributed by atoms with Gasteiger partial charge in [-0.05, 0) is 24.8 Å². The van der Waals surface area contributed by atoms with Gasteiger partial charge in [0.15, 0.2) is 0 Å². The minimum absolute atomic E-state index is 0.371. The van der Waals surface area contributed by atoms with E-state index in [-0.39, 0.29) is 6.04 Å². The molecule has 0 bridgehead atoms. The molecule has 1 atom stereocenters. The lowest BCUT2D eigenvalue weighted by atomic mass is 10.1. The summed E-state index contributed by atoms with van der Waals surface area (Å²) in [5.41, 5.74) is 6.56. The predicted molar refractivity (Wildman–Crippen MR) is 56.4 cm³/mol. The molecule has 1 nitrogen and oxygen atoms in total. The first-order valence-electron chi connectivity index (χ1n) is 4.26. The van der Waals surface area contributed by atoms with Gasteiger partial charge in [0.05, 0.1) is 0 Å². The Labute approximate surface area is 86.7 Å². The fraction of sp³-hybridized carbons (Fsp3) is 0.400. The van der Waals surface area contributed by atoms with Crippen molar-refractivity contribution in [3.8, 4) is 0 Å². The molecule has 0 radical (unpaired) electrons. The summed E-state index contributed by atoms with van der Waals surface area (Å²) < 4.78 is 26.2. The van der Waals surface area contributed by atoms with Gasteiger partial charge in [0.25, 0.3) is 0 Å². The van der Waals surface area contributed by atoms with Gasteiger partial charge in [-0.2, -0.15) is 11.8 Å². The molecule has 0 aliphatic heterocycles. The van der Waals surface area contributed by atoms with Crippen LogP contribution >= 0.6 is 11.8 Å². The van der Waals surface area contributed by atoms with Gasteiger partial charge in [0.2, 0.25) is 0 Å². The Hall–Kier alpha value is -0.610. The van der Waals surface area contributed by atoms with Gasteiger partial charge >= 0.3 is 0 Å². The van der Waals surface area contributed by atoms with Gasteiger partial charge < -0.3 is 5.73 Å². The summed E-state index contributed by atoms with van der Waals surface area (Å²) in [5, 5.41) is 0. The highest BCUT2D eigenvalue weighted by atomic mass is 32.2. The molecule has 0 saturated heterocycles. The van der Waals surface area contributed by atoms with Crippen LogP contribution in [-0.4, -0.2) is 12.0 Å². The molecule has 1 aromatic carbocycles. The van der Waals surface area contributed by atoms with Crippen LogP contribution in [0.3, 0.4) is 0 Å². The quantitative estimate of drug-likeness (QED) is 0.842. The van der Waals surface area contributed by atoms with E-state index >= 15 is 0 Å². The fourth-order valence-corrected chi connectivity index (χ4v) is 1.77. The first-order chi connectivity index (χ1) is 6.56. The number of benzene rings is 1. The number of nitrogens with two attached hydrogens (primary N) is 1. The van der Waals surface area contributed by atoms with Crippen molar-refractivity contribution in [2.75, 3.05) is 12.0 Å². The Morgan fingerprint density at radius 2 is 2.00 bits per heavy atom. The maximum Gasteiger partial charge on any atom is 0.130 e. The normalized spacial score (nSPS) is 12.9. The lowest BCUT2D eigenvalue weighted by Gasteiger charge is -2.12. The first-order valence-corrected chi connectivity index (χ1v) is 5.65. The van der Waals surface area contributed by atoms with Crippen molar-refractivity contribution in [3.63, 3.8) is 0 Å². The van der Waals surface area contributed by atoms with Crippen molar-refractivity contribution in [1.29, 1.82) is 0 Å². The molecule has 14 heavy (non-hydrogen) atoms. The molecule has 0 heterocycles. The van der Waals surface area contributed by atoms with E-state index in [1.165, 1.54) is 17.8 Å². The monoisotopic (exact) mass is 217 g/mol. The van der Waals surface area contributed by atoms with Crippen LogP contribution in [0.15, 0.2) is 12.1 Å². The number of hydrogen-bond acceptors (Lipinski definition) is 2. The summed E-state index contributed by atoms with van der Waals surface area (Å²) in [7, 11) is 0. The van der Waals surface area contributed by atoms with E-state index in [1.54, 1.807) is 6.92 Å². The zero-order valence-corrected chi connectivity index (χ0v) is 9.00. The summed E-state index contributed by atoms with van der Waals surface area (Å²) in [6, 6.07) is 2.00. The Bertz CT molecular complexity index is 328. The van der Waals surface area contributed by atoms with E-state index in [0.29, 0.717) is 16.9 Å². The molecule has 0 spiro atoms. The van der Waals surface area contributed by atoms with E-state index in [0.717, 1.165) is 6.07 Å². The third-order valence-electron chi connectivity index (χ3n) is 2.02. The molecule has 0 aliphatic carbocycles. The van der Waals surface area contributed by atoms with Crippen LogP contribution in [0.5, 0.6) is 0 Å². The van der Waals surface area contributed by atoms with Gasteiger partial charge in [0, 0.05) is 23.4 Å². The van der Waals surface area contributed by atoms with E-state index < -0.39 is 11.6 Å². The van der Waals surface area contributed by atoms with Crippen LogP contribution in [0.25, 0.3) is 0 Å². The third-order valence-corrected chi connectivity index (χ3v) is 2.72. The highest BCUT2D eigenvalue weighted by Gasteiger charge is 2.13. The number of hydrogen-bond donors (Lipinski definition) is 1. The Balaban J connectivity index is 3.02. The number of thioether (sulfide) groups is 1. The number of rotatable bonds is 3. The molecule has 78 valence electrons. The van der Waals surface area contributed by atoms with Crippen LogP contribution < -0.4 is 5.73 Å². The lowest BCUT2D eigenvalue weighted by Crippen LogP contribution is -2.15. The smallest absolute Gasteiger partial charge is 0.130 e.